The van der Waals surface area contributed by atoms with E-state index < -0.39 is 0 Å². The molecular weight excluding hydrogens is 260 g/mol. The van der Waals surface area contributed by atoms with Gasteiger partial charge in [0.2, 0.25) is 5.91 Å². The number of carbonyl (C=O) groups excluding carboxylic acids is 1. The second-order valence-corrected chi connectivity index (χ2v) is 7.17. The average Bonchev–Trinajstić information content (AvgIpc) is 2.34. The summed E-state index contributed by atoms with van der Waals surface area (Å²) in [5.41, 5.74) is 0. The Morgan fingerprint density at radius 3 is 2.42 bits per heavy atom. The Bertz CT molecular complexity index is 311. The molecule has 1 N–H and O–H groups in total. The van der Waals surface area contributed by atoms with Crippen LogP contribution in [0.1, 0.15) is 46.0 Å². The van der Waals surface area contributed by atoms with Crippen molar-refractivity contribution in [2.75, 3.05) is 13.6 Å². The number of likely N-dealkylation sites (N-methyl/N-ethyl adjacent to an activating group) is 1. The molecule has 1 aliphatic heterocycles. The zero-order valence-corrected chi connectivity index (χ0v) is 13.1. The van der Waals surface area contributed by atoms with Gasteiger partial charge in [0.1, 0.15) is 0 Å². The van der Waals surface area contributed by atoms with Crippen molar-refractivity contribution in [3.05, 3.63) is 0 Å². The van der Waals surface area contributed by atoms with E-state index in [1.807, 2.05) is 0 Å². The zero-order valence-electron chi connectivity index (χ0n) is 12.4. The molecule has 0 bridgehead atoms. The minimum absolute atomic E-state index is 0.0712. The van der Waals surface area contributed by atoms with Gasteiger partial charge in [0, 0.05) is 11.4 Å². The highest BCUT2D eigenvalue weighted by Crippen LogP contribution is 2.32. The molecule has 0 spiro atoms. The predicted molar refractivity (Wildman–Crippen MR) is 79.4 cm³/mol. The first-order chi connectivity index (χ1) is 8.99. The summed E-state index contributed by atoms with van der Waals surface area (Å²) >= 11 is 6.26. The van der Waals surface area contributed by atoms with Crippen molar-refractivity contribution in [2.45, 2.75) is 63.4 Å². The van der Waals surface area contributed by atoms with Crippen LogP contribution in [0.4, 0.5) is 0 Å². The molecule has 1 amide bonds. The summed E-state index contributed by atoms with van der Waals surface area (Å²) in [5.74, 6) is 1.17. The number of nitrogens with zero attached hydrogens (tertiary/aromatic N) is 1. The Morgan fingerprint density at radius 2 is 1.84 bits per heavy atom. The van der Waals surface area contributed by atoms with Crippen molar-refractivity contribution in [1.29, 1.82) is 0 Å². The fraction of sp³-hybridized carbons (Fsp3) is 0.933. The maximum absolute atomic E-state index is 12.5. The molecule has 3 unspecified atom stereocenters. The molecule has 1 saturated heterocycles. The van der Waals surface area contributed by atoms with Crippen LogP contribution < -0.4 is 5.32 Å². The normalized spacial score (nSPS) is 40.9. The Kier molecular flexibility index (Phi) is 5.13. The van der Waals surface area contributed by atoms with Crippen LogP contribution in [-0.4, -0.2) is 41.9 Å². The second-order valence-electron chi connectivity index (χ2n) is 6.55. The van der Waals surface area contributed by atoms with E-state index in [0.29, 0.717) is 11.8 Å². The first kappa shape index (κ1) is 15.1. The predicted octanol–water partition coefficient (Wildman–Crippen LogP) is 2.63. The van der Waals surface area contributed by atoms with E-state index in [1.165, 1.54) is 12.8 Å². The molecule has 2 rings (SSSR count). The number of likely N-dealkylation sites (tertiary alicyclic amines) is 1. The molecule has 110 valence electrons. The number of rotatable bonds is 2. The molecule has 4 heteroatoms. The third kappa shape index (κ3) is 3.63. The maximum atomic E-state index is 12.5. The molecule has 1 saturated carbocycles. The monoisotopic (exact) mass is 286 g/mol. The third-order valence-electron chi connectivity index (χ3n) is 4.86. The first-order valence-corrected chi connectivity index (χ1v) is 8.07. The summed E-state index contributed by atoms with van der Waals surface area (Å²) < 4.78 is 0. The molecule has 19 heavy (non-hydrogen) atoms. The highest BCUT2D eigenvalue weighted by atomic mass is 35.5. The van der Waals surface area contributed by atoms with Crippen molar-refractivity contribution in [3.63, 3.8) is 0 Å². The molecule has 1 aliphatic carbocycles. The van der Waals surface area contributed by atoms with Gasteiger partial charge < -0.3 is 5.32 Å². The molecule has 2 fully saturated rings. The lowest BCUT2D eigenvalue weighted by Crippen LogP contribution is -2.54. The molecule has 0 aromatic carbocycles. The van der Waals surface area contributed by atoms with Crippen molar-refractivity contribution in [1.82, 2.24) is 10.2 Å². The first-order valence-electron chi connectivity index (χ1n) is 7.63. The van der Waals surface area contributed by atoms with E-state index in [2.05, 4.69) is 31.1 Å². The second kappa shape index (κ2) is 6.45. The van der Waals surface area contributed by atoms with Crippen molar-refractivity contribution < 1.29 is 4.79 Å². The molecule has 3 nitrogen and oxygen atoms in total. The third-order valence-corrected chi connectivity index (χ3v) is 5.22. The number of nitrogens with one attached hydrogen (secondary N) is 1. The number of amides is 1. The summed E-state index contributed by atoms with van der Waals surface area (Å²) in [6.07, 6.45) is 5.40. The molecule has 3 atom stereocenters. The van der Waals surface area contributed by atoms with Gasteiger partial charge in [0.05, 0.1) is 6.04 Å². The summed E-state index contributed by atoms with van der Waals surface area (Å²) in [4.78, 5) is 14.7. The maximum Gasteiger partial charge on any atom is 0.237 e. The van der Waals surface area contributed by atoms with Gasteiger partial charge in [0.15, 0.2) is 0 Å². The van der Waals surface area contributed by atoms with Gasteiger partial charge in [-0.15, -0.1) is 11.6 Å². The van der Waals surface area contributed by atoms with Crippen LogP contribution in [0.25, 0.3) is 0 Å². The fourth-order valence-corrected chi connectivity index (χ4v) is 4.27. The highest BCUT2D eigenvalue weighted by Gasteiger charge is 2.35. The van der Waals surface area contributed by atoms with E-state index in [0.717, 1.165) is 25.8 Å². The van der Waals surface area contributed by atoms with Gasteiger partial charge in [-0.1, -0.05) is 20.3 Å². The minimum Gasteiger partial charge on any atom is -0.351 e. The lowest BCUT2D eigenvalue weighted by molar-refractivity contribution is -0.128. The van der Waals surface area contributed by atoms with Gasteiger partial charge in [-0.2, -0.15) is 0 Å². The van der Waals surface area contributed by atoms with Gasteiger partial charge >= 0.3 is 0 Å². The Hall–Kier alpha value is -0.280. The SMILES string of the molecule is CC1CC(Cl)CC(C)C1NC(=O)C1CCCCN1C. The summed E-state index contributed by atoms with van der Waals surface area (Å²) in [6, 6.07) is 0.361. The summed E-state index contributed by atoms with van der Waals surface area (Å²) in [7, 11) is 2.06. The number of alkyl halides is 1. The van der Waals surface area contributed by atoms with Crippen LogP contribution in [0, 0.1) is 11.8 Å². The van der Waals surface area contributed by atoms with E-state index >= 15 is 0 Å². The van der Waals surface area contributed by atoms with Crippen molar-refractivity contribution in [3.8, 4) is 0 Å². The van der Waals surface area contributed by atoms with Gasteiger partial charge in [-0.25, -0.2) is 0 Å². The van der Waals surface area contributed by atoms with Crippen LogP contribution in [-0.2, 0) is 4.79 Å². The number of hydrogen-bond donors (Lipinski definition) is 1. The van der Waals surface area contributed by atoms with Gasteiger partial charge in [0.25, 0.3) is 0 Å². The largest absolute Gasteiger partial charge is 0.351 e. The summed E-state index contributed by atoms with van der Waals surface area (Å²) in [6.45, 7) is 5.46. The van der Waals surface area contributed by atoms with Crippen molar-refractivity contribution >= 4 is 17.5 Å². The van der Waals surface area contributed by atoms with Crippen LogP contribution in [0.5, 0.6) is 0 Å². The zero-order chi connectivity index (χ0) is 14.0. The lowest BCUT2D eigenvalue weighted by atomic mass is 9.78. The van der Waals surface area contributed by atoms with Crippen LogP contribution in [0.15, 0.2) is 0 Å². The number of carbonyl (C=O) groups is 1. The Labute approximate surface area is 122 Å². The number of hydrogen-bond acceptors (Lipinski definition) is 2. The van der Waals surface area contributed by atoms with Crippen molar-refractivity contribution in [2.24, 2.45) is 11.8 Å². The van der Waals surface area contributed by atoms with Crippen LogP contribution in [0.3, 0.4) is 0 Å². The molecule has 0 radical (unpaired) electrons. The molecule has 2 aliphatic rings. The highest BCUT2D eigenvalue weighted by molar-refractivity contribution is 6.20. The van der Waals surface area contributed by atoms with E-state index in [4.69, 9.17) is 11.6 Å². The molecule has 1 heterocycles. The summed E-state index contributed by atoms with van der Waals surface area (Å²) in [5, 5.41) is 3.57. The molecule has 0 aromatic heterocycles. The lowest BCUT2D eigenvalue weighted by Gasteiger charge is -2.39. The van der Waals surface area contributed by atoms with E-state index in [-0.39, 0.29) is 23.4 Å². The minimum atomic E-state index is 0.0712. The smallest absolute Gasteiger partial charge is 0.237 e. The van der Waals surface area contributed by atoms with Crippen LogP contribution in [0.2, 0.25) is 0 Å². The average molecular weight is 287 g/mol. The van der Waals surface area contributed by atoms with E-state index in [9.17, 15) is 4.79 Å². The van der Waals surface area contributed by atoms with E-state index in [1.54, 1.807) is 0 Å². The Balaban J connectivity index is 1.94. The quantitative estimate of drug-likeness (QED) is 0.792. The standard InChI is InChI=1S/C15H27ClN2O/c1-10-8-12(16)9-11(2)14(10)17-15(19)13-6-4-5-7-18(13)3/h10-14H,4-9H2,1-3H3,(H,17,19). The Morgan fingerprint density at radius 1 is 1.21 bits per heavy atom. The van der Waals surface area contributed by atoms with Gasteiger partial charge in [-0.3, -0.25) is 9.69 Å². The van der Waals surface area contributed by atoms with Crippen LogP contribution >= 0.6 is 11.6 Å². The number of piperidine rings is 1. The van der Waals surface area contributed by atoms with Gasteiger partial charge in [-0.05, 0) is 51.1 Å². The fourth-order valence-electron chi connectivity index (χ4n) is 3.71. The molecule has 0 aromatic rings. The number of halogens is 1. The molecular formula is C15H27ClN2O. The topological polar surface area (TPSA) is 32.3 Å².